The smallest absolute Gasteiger partial charge is 0.412 e. The Morgan fingerprint density at radius 2 is 1.63 bits per heavy atom. The van der Waals surface area contributed by atoms with E-state index in [0.717, 1.165) is 11.1 Å². The highest BCUT2D eigenvalue weighted by molar-refractivity contribution is 5.71. The van der Waals surface area contributed by atoms with Gasteiger partial charge in [-0.05, 0) is 17.0 Å². The third-order valence-electron chi connectivity index (χ3n) is 5.78. The van der Waals surface area contributed by atoms with Gasteiger partial charge >= 0.3 is 6.09 Å². The molecule has 4 atom stereocenters. The molecule has 2 aromatic rings. The lowest BCUT2D eigenvalue weighted by molar-refractivity contribution is -0.546. The van der Waals surface area contributed by atoms with Crippen molar-refractivity contribution in [2.75, 3.05) is 6.61 Å². The van der Waals surface area contributed by atoms with Crippen LogP contribution in [0.25, 0.3) is 0 Å². The number of ether oxygens (including phenoxy) is 1. The van der Waals surface area contributed by atoms with Gasteiger partial charge in [0.1, 0.15) is 6.61 Å². The lowest BCUT2D eigenvalue weighted by Gasteiger charge is -2.54. The molecule has 0 aliphatic carbocycles. The standard InChI is InChI=1S/C22H25NO4/c1-15(2)19-14-25-21(24)23(19)20-22(27-26-20,18-12-8-5-9-13-18)16(3)17-10-6-4-7-11-17/h4-13,15-16,19-20H,14H2,1-3H3/t16-,19+,20+,22+/m1/s1. The third-order valence-corrected chi connectivity index (χ3v) is 5.78. The van der Waals surface area contributed by atoms with E-state index in [0.29, 0.717) is 6.61 Å². The quantitative estimate of drug-likeness (QED) is 0.733. The van der Waals surface area contributed by atoms with Crippen LogP contribution >= 0.6 is 0 Å². The highest BCUT2D eigenvalue weighted by Crippen LogP contribution is 2.52. The molecule has 2 aliphatic heterocycles. The zero-order valence-electron chi connectivity index (χ0n) is 15.9. The van der Waals surface area contributed by atoms with Gasteiger partial charge in [-0.1, -0.05) is 81.4 Å². The fourth-order valence-electron chi connectivity index (χ4n) is 4.09. The Kier molecular flexibility index (Phi) is 4.66. The topological polar surface area (TPSA) is 48.0 Å². The van der Waals surface area contributed by atoms with E-state index in [1.807, 2.05) is 48.5 Å². The minimum Gasteiger partial charge on any atom is -0.447 e. The second kappa shape index (κ2) is 6.98. The largest absolute Gasteiger partial charge is 0.447 e. The Hall–Kier alpha value is -2.37. The average molecular weight is 367 g/mol. The van der Waals surface area contributed by atoms with Crippen LogP contribution in [0.15, 0.2) is 60.7 Å². The molecular weight excluding hydrogens is 342 g/mol. The summed E-state index contributed by atoms with van der Waals surface area (Å²) in [6.07, 6.45) is -0.889. The maximum absolute atomic E-state index is 12.6. The first-order chi connectivity index (χ1) is 13.1. The highest BCUT2D eigenvalue weighted by atomic mass is 17.3. The minimum absolute atomic E-state index is 0.0268. The molecule has 0 radical (unpaired) electrons. The molecule has 5 nitrogen and oxygen atoms in total. The molecule has 0 unspecified atom stereocenters. The second-order valence-electron chi connectivity index (χ2n) is 7.62. The molecule has 2 aromatic carbocycles. The number of benzene rings is 2. The summed E-state index contributed by atoms with van der Waals surface area (Å²) in [4.78, 5) is 25.8. The Morgan fingerprint density at radius 3 is 2.19 bits per heavy atom. The number of amides is 1. The lowest BCUT2D eigenvalue weighted by atomic mass is 9.75. The van der Waals surface area contributed by atoms with Gasteiger partial charge in [0.25, 0.3) is 0 Å². The zero-order chi connectivity index (χ0) is 19.0. The summed E-state index contributed by atoms with van der Waals surface area (Å²) in [5.74, 6) is 0.224. The van der Waals surface area contributed by atoms with Gasteiger partial charge in [0.05, 0.1) is 6.04 Å². The highest BCUT2D eigenvalue weighted by Gasteiger charge is 2.63. The first-order valence-electron chi connectivity index (χ1n) is 9.45. The number of carbonyl (C=O) groups excluding carboxylic acids is 1. The number of hydrogen-bond donors (Lipinski definition) is 0. The zero-order valence-corrected chi connectivity index (χ0v) is 15.9. The van der Waals surface area contributed by atoms with E-state index in [1.54, 1.807) is 4.90 Å². The molecule has 142 valence electrons. The van der Waals surface area contributed by atoms with Crippen molar-refractivity contribution >= 4 is 6.09 Å². The van der Waals surface area contributed by atoms with Crippen molar-refractivity contribution in [1.29, 1.82) is 0 Å². The second-order valence-corrected chi connectivity index (χ2v) is 7.62. The SMILES string of the molecule is CC(C)[C@@H]1COC(=O)N1[C@H]1OO[C@]1(c1ccccc1)[C@H](C)c1ccccc1. The predicted molar refractivity (Wildman–Crippen MR) is 101 cm³/mol. The van der Waals surface area contributed by atoms with Crippen molar-refractivity contribution < 1.29 is 19.3 Å². The van der Waals surface area contributed by atoms with Crippen LogP contribution in [-0.2, 0) is 20.1 Å². The van der Waals surface area contributed by atoms with E-state index in [-0.39, 0.29) is 24.0 Å². The van der Waals surface area contributed by atoms with Crippen molar-refractivity contribution in [1.82, 2.24) is 4.90 Å². The van der Waals surface area contributed by atoms with Crippen LogP contribution in [0.2, 0.25) is 0 Å². The molecule has 2 saturated heterocycles. The summed E-state index contributed by atoms with van der Waals surface area (Å²) < 4.78 is 5.36. The molecular formula is C22H25NO4. The molecule has 0 spiro atoms. The van der Waals surface area contributed by atoms with Gasteiger partial charge < -0.3 is 4.74 Å². The minimum atomic E-state index is -0.793. The lowest BCUT2D eigenvalue weighted by Crippen LogP contribution is -2.66. The molecule has 2 heterocycles. The summed E-state index contributed by atoms with van der Waals surface area (Å²) >= 11 is 0. The van der Waals surface area contributed by atoms with E-state index in [4.69, 9.17) is 14.5 Å². The Morgan fingerprint density at radius 1 is 1.00 bits per heavy atom. The van der Waals surface area contributed by atoms with Gasteiger partial charge in [-0.3, -0.25) is 4.90 Å². The van der Waals surface area contributed by atoms with Gasteiger partial charge in [0, 0.05) is 5.92 Å². The summed E-state index contributed by atoms with van der Waals surface area (Å²) in [6, 6.07) is 20.1. The van der Waals surface area contributed by atoms with Gasteiger partial charge in [0.2, 0.25) is 6.23 Å². The first-order valence-corrected chi connectivity index (χ1v) is 9.45. The van der Waals surface area contributed by atoms with Crippen LogP contribution in [0, 0.1) is 5.92 Å². The van der Waals surface area contributed by atoms with Crippen LogP contribution in [0.5, 0.6) is 0 Å². The van der Waals surface area contributed by atoms with E-state index in [2.05, 4.69) is 32.9 Å². The molecule has 0 N–H and O–H groups in total. The van der Waals surface area contributed by atoms with E-state index in [1.165, 1.54) is 0 Å². The van der Waals surface area contributed by atoms with Crippen molar-refractivity contribution in [2.45, 2.75) is 44.6 Å². The summed E-state index contributed by atoms with van der Waals surface area (Å²) in [6.45, 7) is 6.67. The number of rotatable bonds is 5. The van der Waals surface area contributed by atoms with Crippen molar-refractivity contribution in [2.24, 2.45) is 5.92 Å². The van der Waals surface area contributed by atoms with E-state index < -0.39 is 11.8 Å². The summed E-state index contributed by atoms with van der Waals surface area (Å²) in [5, 5.41) is 0. The monoisotopic (exact) mass is 367 g/mol. The summed E-state index contributed by atoms with van der Waals surface area (Å²) in [7, 11) is 0. The maximum Gasteiger partial charge on any atom is 0.412 e. The van der Waals surface area contributed by atoms with Gasteiger partial charge in [-0.25, -0.2) is 14.6 Å². The van der Waals surface area contributed by atoms with Crippen LogP contribution in [0.1, 0.15) is 37.8 Å². The van der Waals surface area contributed by atoms with Crippen LogP contribution in [-0.4, -0.2) is 29.9 Å². The van der Waals surface area contributed by atoms with E-state index >= 15 is 0 Å². The van der Waals surface area contributed by atoms with Crippen LogP contribution in [0.4, 0.5) is 4.79 Å². The molecule has 4 rings (SSSR count). The molecule has 0 saturated carbocycles. The molecule has 2 fully saturated rings. The fraction of sp³-hybridized carbons (Fsp3) is 0.409. The fourth-order valence-corrected chi connectivity index (χ4v) is 4.09. The Labute approximate surface area is 159 Å². The Bertz CT molecular complexity index is 794. The Balaban J connectivity index is 1.79. The molecule has 5 heteroatoms. The molecule has 2 aliphatic rings. The third kappa shape index (κ3) is 2.82. The molecule has 0 aromatic heterocycles. The van der Waals surface area contributed by atoms with Gasteiger partial charge in [0.15, 0.2) is 5.60 Å². The van der Waals surface area contributed by atoms with Crippen LogP contribution < -0.4 is 0 Å². The number of carbonyl (C=O) groups is 1. The maximum atomic E-state index is 12.6. The summed E-state index contributed by atoms with van der Waals surface area (Å²) in [5.41, 5.74) is 1.32. The average Bonchev–Trinajstić information content (AvgIpc) is 3.04. The predicted octanol–water partition coefficient (Wildman–Crippen LogP) is 4.45. The number of nitrogens with zero attached hydrogens (tertiary/aromatic N) is 1. The van der Waals surface area contributed by atoms with Crippen molar-refractivity contribution in [3.05, 3.63) is 71.8 Å². The number of hydrogen-bond acceptors (Lipinski definition) is 4. The van der Waals surface area contributed by atoms with Gasteiger partial charge in [-0.2, -0.15) is 0 Å². The van der Waals surface area contributed by atoms with Crippen LogP contribution in [0.3, 0.4) is 0 Å². The first kappa shape index (κ1) is 18.0. The van der Waals surface area contributed by atoms with E-state index in [9.17, 15) is 4.79 Å². The molecule has 1 amide bonds. The van der Waals surface area contributed by atoms with Crippen molar-refractivity contribution in [3.63, 3.8) is 0 Å². The van der Waals surface area contributed by atoms with Gasteiger partial charge in [-0.15, -0.1) is 0 Å². The van der Waals surface area contributed by atoms with Crippen molar-refractivity contribution in [3.8, 4) is 0 Å². The molecule has 27 heavy (non-hydrogen) atoms. The normalized spacial score (nSPS) is 28.7. The number of cyclic esters (lactones) is 1. The molecule has 0 bridgehead atoms.